The van der Waals surface area contributed by atoms with Gasteiger partial charge in [0.25, 0.3) is 5.91 Å². The van der Waals surface area contributed by atoms with E-state index in [1.54, 1.807) is 0 Å². The summed E-state index contributed by atoms with van der Waals surface area (Å²) in [6, 6.07) is 9.11. The van der Waals surface area contributed by atoms with Crippen LogP contribution in [0, 0.1) is 5.92 Å². The van der Waals surface area contributed by atoms with E-state index in [1.807, 2.05) is 29.2 Å². The SMILES string of the molecule is C[C@@H]1CC[C@H](C)N1[C@@H]1CCCN(C(=O)c2cccc(NC(=O)C3CC3)c2)C1. The molecule has 146 valence electrons. The minimum Gasteiger partial charge on any atom is -0.337 e. The largest absolute Gasteiger partial charge is 0.337 e. The van der Waals surface area contributed by atoms with Gasteiger partial charge in [0, 0.05) is 48.4 Å². The predicted molar refractivity (Wildman–Crippen MR) is 107 cm³/mol. The fourth-order valence-corrected chi connectivity index (χ4v) is 4.82. The lowest BCUT2D eigenvalue weighted by Crippen LogP contribution is -2.52. The molecule has 2 saturated heterocycles. The molecule has 0 radical (unpaired) electrons. The number of nitrogens with one attached hydrogen (secondary N) is 1. The number of benzene rings is 1. The molecular formula is C22H31N3O2. The Balaban J connectivity index is 1.43. The van der Waals surface area contributed by atoms with E-state index in [9.17, 15) is 9.59 Å². The maximum atomic E-state index is 13.1. The van der Waals surface area contributed by atoms with Gasteiger partial charge in [-0.2, -0.15) is 0 Å². The van der Waals surface area contributed by atoms with Crippen LogP contribution in [-0.4, -0.2) is 52.8 Å². The highest BCUT2D eigenvalue weighted by atomic mass is 16.2. The number of hydrogen-bond acceptors (Lipinski definition) is 3. The minimum atomic E-state index is 0.0784. The van der Waals surface area contributed by atoms with Crippen molar-refractivity contribution in [1.82, 2.24) is 9.80 Å². The second-order valence-corrected chi connectivity index (χ2v) is 8.61. The summed E-state index contributed by atoms with van der Waals surface area (Å²) in [7, 11) is 0. The molecule has 3 fully saturated rings. The van der Waals surface area contributed by atoms with Gasteiger partial charge in [-0.25, -0.2) is 0 Å². The Morgan fingerprint density at radius 1 is 1.04 bits per heavy atom. The Bertz CT molecular complexity index is 705. The van der Waals surface area contributed by atoms with Crippen LogP contribution in [0.25, 0.3) is 0 Å². The molecule has 2 aliphatic heterocycles. The van der Waals surface area contributed by atoms with Crippen LogP contribution in [0.3, 0.4) is 0 Å². The third kappa shape index (κ3) is 4.03. The standard InChI is InChI=1S/C22H31N3O2/c1-15-8-9-16(2)25(15)20-7-4-12-24(14-20)22(27)18-5-3-6-19(13-18)23-21(26)17-10-11-17/h3,5-6,13,15-17,20H,4,7-12,14H2,1-2H3,(H,23,26)/t15-,16+,20-/m1/s1. The van der Waals surface area contributed by atoms with E-state index in [1.165, 1.54) is 19.3 Å². The Hall–Kier alpha value is -1.88. The van der Waals surface area contributed by atoms with Crippen LogP contribution in [0.5, 0.6) is 0 Å². The molecular weight excluding hydrogens is 338 g/mol. The summed E-state index contributed by atoms with van der Waals surface area (Å²) in [5, 5.41) is 2.95. The first-order valence-electron chi connectivity index (χ1n) is 10.5. The fraction of sp³-hybridized carbons (Fsp3) is 0.636. The zero-order valence-corrected chi connectivity index (χ0v) is 16.5. The number of carbonyl (C=O) groups is 2. The molecule has 1 saturated carbocycles. The van der Waals surface area contributed by atoms with Crippen molar-refractivity contribution < 1.29 is 9.59 Å². The first-order chi connectivity index (χ1) is 13.0. The average molecular weight is 370 g/mol. The number of piperidine rings is 1. The van der Waals surface area contributed by atoms with Gasteiger partial charge in [0.2, 0.25) is 5.91 Å². The lowest BCUT2D eigenvalue weighted by molar-refractivity contribution is -0.117. The molecule has 2 heterocycles. The summed E-state index contributed by atoms with van der Waals surface area (Å²) in [6.07, 6.45) is 6.71. The van der Waals surface area contributed by atoms with Crippen LogP contribution in [0.2, 0.25) is 0 Å². The molecule has 1 aromatic carbocycles. The van der Waals surface area contributed by atoms with E-state index in [0.717, 1.165) is 38.0 Å². The summed E-state index contributed by atoms with van der Waals surface area (Å²) >= 11 is 0. The molecule has 27 heavy (non-hydrogen) atoms. The number of likely N-dealkylation sites (tertiary alicyclic amines) is 2. The second kappa shape index (κ2) is 7.63. The topological polar surface area (TPSA) is 52.6 Å². The van der Waals surface area contributed by atoms with Crippen molar-refractivity contribution in [2.75, 3.05) is 18.4 Å². The van der Waals surface area contributed by atoms with Crippen LogP contribution in [-0.2, 0) is 4.79 Å². The number of rotatable bonds is 4. The zero-order valence-electron chi connectivity index (χ0n) is 16.5. The number of anilines is 1. The predicted octanol–water partition coefficient (Wildman–Crippen LogP) is 3.51. The maximum Gasteiger partial charge on any atom is 0.253 e. The highest BCUT2D eigenvalue weighted by Gasteiger charge is 2.36. The molecule has 4 rings (SSSR count). The summed E-state index contributed by atoms with van der Waals surface area (Å²) < 4.78 is 0. The first kappa shape index (κ1) is 18.5. The van der Waals surface area contributed by atoms with Crippen molar-refractivity contribution in [3.8, 4) is 0 Å². The number of carbonyl (C=O) groups excluding carboxylic acids is 2. The highest BCUT2D eigenvalue weighted by Crippen LogP contribution is 2.31. The van der Waals surface area contributed by atoms with Crippen molar-refractivity contribution in [2.45, 2.75) is 70.5 Å². The molecule has 1 N–H and O–H groups in total. The van der Waals surface area contributed by atoms with Gasteiger partial charge in [0.1, 0.15) is 0 Å². The molecule has 0 aromatic heterocycles. The molecule has 0 spiro atoms. The van der Waals surface area contributed by atoms with Crippen molar-refractivity contribution in [2.24, 2.45) is 5.92 Å². The molecule has 1 aromatic rings. The van der Waals surface area contributed by atoms with Gasteiger partial charge in [0.15, 0.2) is 0 Å². The first-order valence-corrected chi connectivity index (χ1v) is 10.5. The van der Waals surface area contributed by atoms with Crippen molar-refractivity contribution >= 4 is 17.5 Å². The van der Waals surface area contributed by atoms with Crippen molar-refractivity contribution in [3.05, 3.63) is 29.8 Å². The maximum absolute atomic E-state index is 13.1. The average Bonchev–Trinajstić information content (AvgIpc) is 3.47. The van der Waals surface area contributed by atoms with Crippen LogP contribution < -0.4 is 5.32 Å². The van der Waals surface area contributed by atoms with E-state index in [-0.39, 0.29) is 17.7 Å². The third-order valence-electron chi connectivity index (χ3n) is 6.45. The van der Waals surface area contributed by atoms with Gasteiger partial charge >= 0.3 is 0 Å². The quantitative estimate of drug-likeness (QED) is 0.884. The molecule has 3 aliphatic rings. The second-order valence-electron chi connectivity index (χ2n) is 8.61. The molecule has 1 aliphatic carbocycles. The number of hydrogen-bond donors (Lipinski definition) is 1. The van der Waals surface area contributed by atoms with Crippen LogP contribution in [0.15, 0.2) is 24.3 Å². The Morgan fingerprint density at radius 2 is 1.78 bits per heavy atom. The van der Waals surface area contributed by atoms with Gasteiger partial charge in [-0.3, -0.25) is 14.5 Å². The van der Waals surface area contributed by atoms with E-state index < -0.39 is 0 Å². The Labute approximate surface area is 162 Å². The number of amides is 2. The monoisotopic (exact) mass is 369 g/mol. The summed E-state index contributed by atoms with van der Waals surface area (Å²) in [5.41, 5.74) is 1.40. The normalized spacial score (nSPS) is 29.0. The summed E-state index contributed by atoms with van der Waals surface area (Å²) in [4.78, 5) is 29.7. The van der Waals surface area contributed by atoms with Crippen LogP contribution in [0.1, 0.15) is 62.7 Å². The van der Waals surface area contributed by atoms with E-state index in [4.69, 9.17) is 0 Å². The fourth-order valence-electron chi connectivity index (χ4n) is 4.82. The van der Waals surface area contributed by atoms with Gasteiger partial charge in [-0.1, -0.05) is 6.07 Å². The van der Waals surface area contributed by atoms with Gasteiger partial charge < -0.3 is 10.2 Å². The van der Waals surface area contributed by atoms with Gasteiger partial charge in [-0.15, -0.1) is 0 Å². The minimum absolute atomic E-state index is 0.0784. The molecule has 0 unspecified atom stereocenters. The van der Waals surface area contributed by atoms with Crippen molar-refractivity contribution in [3.63, 3.8) is 0 Å². The van der Waals surface area contributed by atoms with E-state index >= 15 is 0 Å². The Kier molecular flexibility index (Phi) is 5.22. The zero-order chi connectivity index (χ0) is 19.0. The van der Waals surface area contributed by atoms with Crippen molar-refractivity contribution in [1.29, 1.82) is 0 Å². The molecule has 2 amide bonds. The number of nitrogens with zero attached hydrogens (tertiary/aromatic N) is 2. The summed E-state index contributed by atoms with van der Waals surface area (Å²) in [6.45, 7) is 6.27. The van der Waals surface area contributed by atoms with E-state index in [0.29, 0.717) is 23.7 Å². The van der Waals surface area contributed by atoms with Gasteiger partial charge in [-0.05, 0) is 70.6 Å². The smallest absolute Gasteiger partial charge is 0.253 e. The van der Waals surface area contributed by atoms with Crippen LogP contribution >= 0.6 is 0 Å². The van der Waals surface area contributed by atoms with E-state index in [2.05, 4.69) is 24.1 Å². The lowest BCUT2D eigenvalue weighted by Gasteiger charge is -2.41. The third-order valence-corrected chi connectivity index (χ3v) is 6.45. The van der Waals surface area contributed by atoms with Gasteiger partial charge in [0.05, 0.1) is 0 Å². The lowest BCUT2D eigenvalue weighted by atomic mass is 10.0. The molecule has 3 atom stereocenters. The molecule has 0 bridgehead atoms. The Morgan fingerprint density at radius 3 is 2.48 bits per heavy atom. The highest BCUT2D eigenvalue weighted by molar-refractivity contribution is 5.98. The van der Waals surface area contributed by atoms with Crippen LogP contribution in [0.4, 0.5) is 5.69 Å². The molecule has 5 nitrogen and oxygen atoms in total. The summed E-state index contributed by atoms with van der Waals surface area (Å²) in [5.74, 6) is 0.327. The molecule has 5 heteroatoms.